The Kier molecular flexibility index (Phi) is 17.9. The SMILES string of the molecule is C.C.Nc1nc2c(ncn2[C@@H]2O[C@@H]3COP(=O)(O)O[C@@H]4C(O)[C@H](n5cnc6c(N)ncnc65)O[C@@H]4COP(=O)(O)O[C@H]2C3O)c(=O)[nH]1.Nc1nc2c(ncn2[C@@H]2O[C@@H]3COP(=O)(O)O[C@H]4[C@@H](O)[C@H](n5cnc6c(N)ncnc65)O[C@@H]4COP(=O)(O)O[C@@H]2[C@@H]3O)c(=O)[nH]1. The number of hydrogen-bond donors (Lipinski definition) is 14. The number of anilines is 4. The molecule has 500 valence electrons. The number of H-pyrrole nitrogens is 2. The van der Waals surface area contributed by atoms with Crippen molar-refractivity contribution < 1.29 is 113 Å². The number of phosphoric acid groups is 4. The van der Waals surface area contributed by atoms with Crippen LogP contribution in [-0.2, 0) is 73.4 Å². The number of aromatic nitrogens is 16. The molecule has 0 aliphatic carbocycles. The van der Waals surface area contributed by atoms with Gasteiger partial charge in [0.15, 0.2) is 70.2 Å². The molecule has 6 aliphatic rings. The average molecular weight is 1380 g/mol. The number of hydrogen-bond acceptors (Lipinski definition) is 36. The number of phosphoric ester groups is 4. The first-order valence-electron chi connectivity index (χ1n) is 25.9. The van der Waals surface area contributed by atoms with E-state index in [9.17, 15) is 67.8 Å². The largest absolute Gasteiger partial charge is 0.472 e. The summed E-state index contributed by atoms with van der Waals surface area (Å²) in [7, 11) is -20.4. The van der Waals surface area contributed by atoms with Crippen molar-refractivity contribution in [2.24, 2.45) is 0 Å². The lowest BCUT2D eigenvalue weighted by atomic mass is 10.1. The maximum atomic E-state index is 13.2. The van der Waals surface area contributed by atoms with E-state index in [1.54, 1.807) is 0 Å². The summed E-state index contributed by atoms with van der Waals surface area (Å²) in [6.07, 6.45) is -18.4. The number of aliphatic hydroxyl groups is 4. The Bertz CT molecular complexity index is 4150. The molecule has 6 unspecified atom stereocenters. The molecule has 6 saturated heterocycles. The zero-order valence-corrected chi connectivity index (χ0v) is 48.4. The number of nitrogen functional groups attached to an aromatic ring is 4. The number of ether oxygens (including phenoxy) is 4. The quantitative estimate of drug-likeness (QED) is 0.0764. The lowest BCUT2D eigenvalue weighted by Crippen LogP contribution is -2.36. The third-order valence-electron chi connectivity index (χ3n) is 14.6. The van der Waals surface area contributed by atoms with E-state index in [4.69, 9.17) is 78.1 Å². The van der Waals surface area contributed by atoms with Crippen molar-refractivity contribution in [3.8, 4) is 0 Å². The van der Waals surface area contributed by atoms with E-state index in [2.05, 4.69) is 59.8 Å². The van der Waals surface area contributed by atoms with Gasteiger partial charge in [0.05, 0.1) is 51.7 Å². The first-order chi connectivity index (χ1) is 42.6. The second-order valence-corrected chi connectivity index (χ2v) is 25.9. The fraction of sp³-hybridized carbons (Fsp3) is 0.524. The van der Waals surface area contributed by atoms with E-state index >= 15 is 0 Å². The van der Waals surface area contributed by atoms with Crippen LogP contribution in [0.15, 0.2) is 47.6 Å². The highest BCUT2D eigenvalue weighted by atomic mass is 31.2. The molecular formula is C42H56N20O26P4. The normalized spacial score (nSPS) is 36.9. The van der Waals surface area contributed by atoms with Gasteiger partial charge >= 0.3 is 31.3 Å². The van der Waals surface area contributed by atoms with Gasteiger partial charge in [-0.3, -0.25) is 74.0 Å². The molecular weight excluding hydrogens is 1320 g/mol. The molecule has 4 bridgehead atoms. The highest BCUT2D eigenvalue weighted by Gasteiger charge is 2.56. The van der Waals surface area contributed by atoms with Crippen LogP contribution >= 0.6 is 31.3 Å². The molecule has 0 radical (unpaired) electrons. The Morgan fingerprint density at radius 1 is 0.413 bits per heavy atom. The molecule has 0 spiro atoms. The smallest absolute Gasteiger partial charge is 0.387 e. The van der Waals surface area contributed by atoms with Gasteiger partial charge in [-0.2, -0.15) is 9.97 Å². The Labute approximate surface area is 510 Å². The minimum Gasteiger partial charge on any atom is -0.387 e. The van der Waals surface area contributed by atoms with E-state index in [1.165, 1.54) is 21.8 Å². The molecule has 46 nitrogen and oxygen atoms in total. The fourth-order valence-corrected chi connectivity index (χ4v) is 14.4. The number of fused-ring (bicyclic) bond motifs is 10. The van der Waals surface area contributed by atoms with Crippen LogP contribution in [0.5, 0.6) is 0 Å². The maximum Gasteiger partial charge on any atom is 0.472 e. The summed E-state index contributed by atoms with van der Waals surface area (Å²) in [6.45, 7) is -3.31. The van der Waals surface area contributed by atoms with E-state index < -0.39 is 167 Å². The highest BCUT2D eigenvalue weighted by molar-refractivity contribution is 7.48. The predicted molar refractivity (Wildman–Crippen MR) is 300 cm³/mol. The minimum atomic E-state index is -5.11. The van der Waals surface area contributed by atoms with Crippen molar-refractivity contribution in [3.05, 3.63) is 58.7 Å². The van der Waals surface area contributed by atoms with E-state index in [0.717, 1.165) is 34.4 Å². The summed E-state index contributed by atoms with van der Waals surface area (Å²) < 4.78 is 122. The van der Waals surface area contributed by atoms with Crippen LogP contribution in [0.3, 0.4) is 0 Å². The predicted octanol–water partition coefficient (Wildman–Crippen LogP) is -3.41. The topological polar surface area (TPSA) is 659 Å². The van der Waals surface area contributed by atoms with Crippen molar-refractivity contribution in [3.63, 3.8) is 0 Å². The summed E-state index contributed by atoms with van der Waals surface area (Å²) in [5.41, 5.74) is 21.6. The number of imidazole rings is 4. The molecule has 20 atom stereocenters. The van der Waals surface area contributed by atoms with Gasteiger partial charge in [-0.25, -0.2) is 58.1 Å². The van der Waals surface area contributed by atoms with Crippen LogP contribution in [0.2, 0.25) is 0 Å². The van der Waals surface area contributed by atoms with Crippen LogP contribution in [0.4, 0.5) is 23.5 Å². The second-order valence-electron chi connectivity index (χ2n) is 20.3. The molecule has 50 heteroatoms. The van der Waals surface area contributed by atoms with Crippen molar-refractivity contribution in [1.29, 1.82) is 0 Å². The summed E-state index contributed by atoms with van der Waals surface area (Å²) >= 11 is 0. The highest BCUT2D eigenvalue weighted by Crippen LogP contribution is 2.56. The summed E-state index contributed by atoms with van der Waals surface area (Å²) in [4.78, 5) is 112. The first kappa shape index (κ1) is 66.6. The van der Waals surface area contributed by atoms with Gasteiger partial charge in [0.1, 0.15) is 96.9 Å². The molecule has 14 heterocycles. The minimum absolute atomic E-state index is 0. The third-order valence-corrected chi connectivity index (χ3v) is 18.6. The number of nitrogens with zero attached hydrogens (tertiary/aromatic N) is 14. The molecule has 0 amide bonds. The van der Waals surface area contributed by atoms with Crippen molar-refractivity contribution in [2.45, 2.75) is 113 Å². The average Bonchev–Trinajstić information content (AvgIpc) is 1.63. The van der Waals surface area contributed by atoms with Crippen LogP contribution in [0, 0.1) is 0 Å². The van der Waals surface area contributed by atoms with Gasteiger partial charge in [0.2, 0.25) is 11.9 Å². The van der Waals surface area contributed by atoms with Crippen molar-refractivity contribution in [1.82, 2.24) is 78.1 Å². The molecule has 8 aromatic heterocycles. The van der Waals surface area contributed by atoms with E-state index in [1.807, 2.05) is 0 Å². The molecule has 18 N–H and O–H groups in total. The lowest BCUT2D eigenvalue weighted by Gasteiger charge is -2.25. The Morgan fingerprint density at radius 3 is 1.08 bits per heavy atom. The molecule has 0 saturated carbocycles. The van der Waals surface area contributed by atoms with Crippen molar-refractivity contribution >= 4 is 99.5 Å². The lowest BCUT2D eigenvalue weighted by molar-refractivity contribution is -0.0673. The number of aliphatic hydroxyl groups excluding tert-OH is 4. The Hall–Kier alpha value is -6.88. The molecule has 0 aromatic carbocycles. The zero-order chi connectivity index (χ0) is 63.7. The van der Waals surface area contributed by atoms with Gasteiger partial charge in [-0.15, -0.1) is 0 Å². The standard InChI is InChI=1S/2C20H24N10O13P2.2CH4/c2*21-14-8-15(24-3-23-14)29(4-25-8)18-11(32)12-7(41-18)2-39-45(36,37)43-13-10(31)6(1-38-44(34,35)42-12)40-19(13)30-5-26-9-16(30)27-20(22)28-17(9)33;;/h2*3-7,10-13,18-19,31-32H,1-2H2,(H,34,35)(H,36,37)(H2,21,23,24)(H3,22,27,28,33);2*1H4/t6-,7-,10?,11?,12+,13+,18-,19-;6-,7-,10-,11-,12-,13-,18-,19-;;/m11../s1. The van der Waals surface area contributed by atoms with Crippen LogP contribution < -0.4 is 34.1 Å². The molecule has 6 fully saturated rings. The van der Waals surface area contributed by atoms with Gasteiger partial charge < -0.3 is 81.9 Å². The Morgan fingerprint density at radius 2 is 0.717 bits per heavy atom. The zero-order valence-electron chi connectivity index (χ0n) is 44.8. The summed E-state index contributed by atoms with van der Waals surface area (Å²) in [5, 5.41) is 44.3. The summed E-state index contributed by atoms with van der Waals surface area (Å²) in [6, 6.07) is 0. The first-order valence-corrected chi connectivity index (χ1v) is 31.9. The molecule has 92 heavy (non-hydrogen) atoms. The fourth-order valence-electron chi connectivity index (χ4n) is 10.6. The van der Waals surface area contributed by atoms with Crippen LogP contribution in [0.25, 0.3) is 44.7 Å². The molecule has 8 aromatic rings. The van der Waals surface area contributed by atoms with Gasteiger partial charge in [-0.1, -0.05) is 14.9 Å². The third kappa shape index (κ3) is 12.3. The monoisotopic (exact) mass is 1380 g/mol. The van der Waals surface area contributed by atoms with Crippen LogP contribution in [0.1, 0.15) is 39.8 Å². The number of nitrogens with one attached hydrogen (secondary N) is 2. The maximum absolute atomic E-state index is 13.2. The molecule has 14 rings (SSSR count). The Balaban J connectivity index is 0.000000184. The number of rotatable bonds is 4. The summed E-state index contributed by atoms with van der Waals surface area (Å²) in [5.74, 6) is -0.500. The second kappa shape index (κ2) is 24.8. The van der Waals surface area contributed by atoms with Crippen LogP contribution in [-0.4, -0.2) is 218 Å². The van der Waals surface area contributed by atoms with Gasteiger partial charge in [0, 0.05) is 0 Å². The number of aromatic amines is 2. The van der Waals surface area contributed by atoms with Gasteiger partial charge in [0.25, 0.3) is 11.1 Å². The molecule has 6 aliphatic heterocycles. The van der Waals surface area contributed by atoms with E-state index in [0.29, 0.717) is 0 Å². The van der Waals surface area contributed by atoms with Gasteiger partial charge in [-0.05, 0) is 0 Å². The van der Waals surface area contributed by atoms with E-state index in [-0.39, 0.29) is 83.0 Å². The van der Waals surface area contributed by atoms with Crippen molar-refractivity contribution in [2.75, 3.05) is 49.4 Å². The number of nitrogens with two attached hydrogens (primary N) is 4.